The number of aliphatic hydroxyl groups is 6. The number of carboxylic acid groups (broad SMARTS) is 6. The summed E-state index contributed by atoms with van der Waals surface area (Å²) in [5, 5.41) is 107. The van der Waals surface area contributed by atoms with Crippen molar-refractivity contribution in [1.29, 1.82) is 0 Å². The summed E-state index contributed by atoms with van der Waals surface area (Å²) in [4.78, 5) is 57.8. The van der Waals surface area contributed by atoms with Crippen LogP contribution in [0.2, 0.25) is 0 Å². The van der Waals surface area contributed by atoms with Crippen LogP contribution in [-0.4, -0.2) is 103 Å². The average molecular weight is 562 g/mol. The van der Waals surface area contributed by atoms with Crippen LogP contribution in [0.25, 0.3) is 0 Å². The van der Waals surface area contributed by atoms with E-state index in [4.69, 9.17) is 30.6 Å². The molecule has 0 spiro atoms. The van der Waals surface area contributed by atoms with Gasteiger partial charge in [0.05, 0.1) is 35.8 Å². The van der Waals surface area contributed by atoms with Crippen LogP contribution in [-0.2, 0) is 62.3 Å². The van der Waals surface area contributed by atoms with Gasteiger partial charge >= 0.3 is 33.6 Å². The van der Waals surface area contributed by atoms with E-state index in [0.29, 0.717) is 0 Å². The third-order valence-corrected chi connectivity index (χ3v) is 2.35. The third-order valence-electron chi connectivity index (χ3n) is 2.35. The fourth-order valence-electron chi connectivity index (χ4n) is 0.773. The molecule has 6 unspecified atom stereocenters. The van der Waals surface area contributed by atoms with E-state index < -0.39 is 72.4 Å². The van der Waals surface area contributed by atoms with Crippen molar-refractivity contribution >= 4 is 35.8 Å². The van der Waals surface area contributed by atoms with Crippen LogP contribution in [0.15, 0.2) is 0 Å². The van der Waals surface area contributed by atoms with Crippen molar-refractivity contribution < 1.29 is 124 Å². The summed E-state index contributed by atoms with van der Waals surface area (Å²) in [6.45, 7) is 0. The van der Waals surface area contributed by atoms with Crippen LogP contribution < -0.4 is 30.6 Å². The van der Waals surface area contributed by atoms with Gasteiger partial charge in [-0.25, -0.2) is 0 Å². The molecule has 0 aliphatic rings. The Labute approximate surface area is 196 Å². The van der Waals surface area contributed by atoms with Gasteiger partial charge in [-0.1, -0.05) is 0 Å². The van der Waals surface area contributed by atoms with Gasteiger partial charge in [-0.3, -0.25) is 0 Å². The molecule has 0 rings (SSSR count). The second kappa shape index (κ2) is 19.3. The molecule has 0 saturated heterocycles. The average Bonchev–Trinajstić information content (AvgIpc) is 2.64. The van der Waals surface area contributed by atoms with E-state index in [1.807, 2.05) is 0 Å². The standard InChI is InChI=1S/3C4H6O6.2Co/c3*5-1(3(7)8)2(6)4(9)10;;/h3*1-2,5-6H,(H,7,8)(H,9,10);;/q;;;2*+3/p-6. The van der Waals surface area contributed by atoms with Crippen LogP contribution in [0.1, 0.15) is 0 Å². The molecule has 0 aromatic rings. The first-order valence-electron chi connectivity index (χ1n) is 6.73. The van der Waals surface area contributed by atoms with E-state index in [1.54, 1.807) is 0 Å². The molecule has 0 aromatic heterocycles. The Morgan fingerprint density at radius 3 is 0.438 bits per heavy atom. The summed E-state index contributed by atoms with van der Waals surface area (Å²) in [5.74, 6) is -12.4. The number of aliphatic carboxylic acids is 6. The Kier molecular flexibility index (Phi) is 24.1. The minimum atomic E-state index is -2.44. The van der Waals surface area contributed by atoms with E-state index in [-0.39, 0.29) is 33.6 Å². The van der Waals surface area contributed by atoms with Gasteiger partial charge in [-0.05, 0) is 0 Å². The van der Waals surface area contributed by atoms with Crippen LogP contribution in [0, 0.1) is 0 Å². The number of hydrogen-bond acceptors (Lipinski definition) is 18. The molecule has 0 bridgehead atoms. The molecule has 6 N–H and O–H groups in total. The smallest absolute Gasteiger partial charge is 0.547 e. The molecule has 0 amide bonds. The Hall–Kier alpha value is -2.41. The second-order valence-electron chi connectivity index (χ2n) is 4.58. The van der Waals surface area contributed by atoms with Crippen molar-refractivity contribution in [3.05, 3.63) is 0 Å². The minimum Gasteiger partial charge on any atom is -0.547 e. The van der Waals surface area contributed by atoms with Gasteiger partial charge < -0.3 is 90.0 Å². The number of carboxylic acids is 6. The topological polar surface area (TPSA) is 362 Å². The molecule has 0 aromatic carbocycles. The molecule has 0 radical (unpaired) electrons. The van der Waals surface area contributed by atoms with Crippen molar-refractivity contribution in [1.82, 2.24) is 0 Å². The summed E-state index contributed by atoms with van der Waals surface area (Å²) >= 11 is 0. The monoisotopic (exact) mass is 562 g/mol. The summed E-state index contributed by atoms with van der Waals surface area (Å²) in [7, 11) is 0. The summed E-state index contributed by atoms with van der Waals surface area (Å²) in [6, 6.07) is 0. The molecule has 0 heterocycles. The molecule has 0 saturated carbocycles. The van der Waals surface area contributed by atoms with E-state index in [1.165, 1.54) is 0 Å². The maximum absolute atomic E-state index is 9.63. The van der Waals surface area contributed by atoms with Crippen molar-refractivity contribution in [3.8, 4) is 0 Å². The number of aliphatic hydroxyl groups excluding tert-OH is 6. The zero-order valence-electron chi connectivity index (χ0n) is 14.7. The molecule has 186 valence electrons. The van der Waals surface area contributed by atoms with Gasteiger partial charge in [-0.2, -0.15) is 0 Å². The second-order valence-corrected chi connectivity index (χ2v) is 4.58. The van der Waals surface area contributed by atoms with E-state index in [0.717, 1.165) is 0 Å². The zero-order chi connectivity index (χ0) is 24.9. The first-order valence-corrected chi connectivity index (χ1v) is 6.73. The van der Waals surface area contributed by atoms with Gasteiger partial charge in [0.2, 0.25) is 0 Å². The van der Waals surface area contributed by atoms with Crippen LogP contribution in [0.5, 0.6) is 0 Å². The fourth-order valence-corrected chi connectivity index (χ4v) is 0.773. The largest absolute Gasteiger partial charge is 3.00 e. The SMILES string of the molecule is O=C([O-])C(O)C(O)C(=O)[O-].O=C([O-])C(O)C(O)C(=O)[O-].O=C([O-])C(O)C(O)C(=O)[O-].[Co+3].[Co+3]. The first-order chi connectivity index (χ1) is 13.4. The van der Waals surface area contributed by atoms with Gasteiger partial charge in [0, 0.05) is 0 Å². The number of hydrogen-bond donors (Lipinski definition) is 6. The minimum absolute atomic E-state index is 0. The summed E-state index contributed by atoms with van der Waals surface area (Å²) in [5.41, 5.74) is 0. The van der Waals surface area contributed by atoms with Crippen LogP contribution in [0.3, 0.4) is 0 Å². The normalized spacial score (nSPS) is 14.8. The number of carbonyl (C=O) groups is 6. The maximum Gasteiger partial charge on any atom is 3.00 e. The van der Waals surface area contributed by atoms with Gasteiger partial charge in [0.25, 0.3) is 0 Å². The van der Waals surface area contributed by atoms with E-state index in [9.17, 15) is 59.4 Å². The van der Waals surface area contributed by atoms with Crippen molar-refractivity contribution in [2.24, 2.45) is 0 Å². The van der Waals surface area contributed by atoms with Crippen molar-refractivity contribution in [3.63, 3.8) is 0 Å². The molecular weight excluding hydrogens is 550 g/mol. The van der Waals surface area contributed by atoms with Gasteiger partial charge in [-0.15, -0.1) is 0 Å². The Morgan fingerprint density at radius 2 is 0.406 bits per heavy atom. The quantitative estimate of drug-likeness (QED) is 0.152. The number of rotatable bonds is 9. The zero-order valence-corrected chi connectivity index (χ0v) is 16.8. The molecule has 20 heteroatoms. The Morgan fingerprint density at radius 1 is 0.344 bits per heavy atom. The molecule has 32 heavy (non-hydrogen) atoms. The van der Waals surface area contributed by atoms with Gasteiger partial charge in [0.15, 0.2) is 0 Å². The Balaban J connectivity index is -0.000000110. The first kappa shape index (κ1) is 40.0. The summed E-state index contributed by atoms with van der Waals surface area (Å²) in [6.07, 6.45) is -14.6. The number of carbonyl (C=O) groups excluding carboxylic acids is 6. The Bertz CT molecular complexity index is 498. The molecule has 0 aliphatic carbocycles. The van der Waals surface area contributed by atoms with Crippen molar-refractivity contribution in [2.45, 2.75) is 36.6 Å². The molecular formula is C12H12Co2O18. The third kappa shape index (κ3) is 17.3. The van der Waals surface area contributed by atoms with Crippen molar-refractivity contribution in [2.75, 3.05) is 0 Å². The summed E-state index contributed by atoms with van der Waals surface area (Å²) < 4.78 is 0. The van der Waals surface area contributed by atoms with Gasteiger partial charge in [0.1, 0.15) is 36.6 Å². The molecule has 6 atom stereocenters. The maximum atomic E-state index is 9.63. The molecule has 18 nitrogen and oxygen atoms in total. The molecule has 0 aliphatic heterocycles. The van der Waals surface area contributed by atoms with E-state index >= 15 is 0 Å². The predicted octanol–water partition coefficient (Wildman–Crippen LogP) is -14.4. The van der Waals surface area contributed by atoms with Crippen LogP contribution in [0.4, 0.5) is 0 Å². The fraction of sp³-hybridized carbons (Fsp3) is 0.500. The van der Waals surface area contributed by atoms with Crippen LogP contribution >= 0.6 is 0 Å². The predicted molar refractivity (Wildman–Crippen MR) is 66.1 cm³/mol. The molecule has 0 fully saturated rings. The van der Waals surface area contributed by atoms with E-state index in [2.05, 4.69) is 0 Å².